The van der Waals surface area contributed by atoms with Gasteiger partial charge < -0.3 is 10.5 Å². The van der Waals surface area contributed by atoms with Gasteiger partial charge in [0.05, 0.1) is 6.61 Å². The Bertz CT molecular complexity index is 173. The Morgan fingerprint density at radius 1 is 1.40 bits per heavy atom. The number of likely N-dealkylation sites (tertiary alicyclic amines) is 1. The second kappa shape index (κ2) is 6.46. The summed E-state index contributed by atoms with van der Waals surface area (Å²) in [5.41, 5.74) is 5.96. The van der Waals surface area contributed by atoms with Crippen LogP contribution in [0.15, 0.2) is 0 Å². The molecule has 0 radical (unpaired) electrons. The fraction of sp³-hybridized carbons (Fsp3) is 1.00. The molecule has 2 atom stereocenters. The van der Waals surface area contributed by atoms with Crippen LogP contribution >= 0.6 is 0 Å². The van der Waals surface area contributed by atoms with Crippen LogP contribution in [0, 0.1) is 5.92 Å². The van der Waals surface area contributed by atoms with Crippen molar-refractivity contribution in [1.29, 1.82) is 0 Å². The molecule has 0 aromatic carbocycles. The van der Waals surface area contributed by atoms with Gasteiger partial charge in [-0.05, 0) is 25.7 Å². The third-order valence-electron chi connectivity index (χ3n) is 3.02. The predicted molar refractivity (Wildman–Crippen MR) is 63.9 cm³/mol. The lowest BCUT2D eigenvalue weighted by Crippen LogP contribution is -2.48. The summed E-state index contributed by atoms with van der Waals surface area (Å²) >= 11 is 0. The SMILES string of the molecule is CC(C)COCCN1CC(N)CCC1C. The molecule has 1 fully saturated rings. The molecule has 0 saturated carbocycles. The molecule has 0 aromatic heterocycles. The van der Waals surface area contributed by atoms with E-state index in [1.807, 2.05) is 0 Å². The summed E-state index contributed by atoms with van der Waals surface area (Å²) in [6.07, 6.45) is 2.40. The number of piperidine rings is 1. The Balaban J connectivity index is 2.13. The molecule has 0 amide bonds. The van der Waals surface area contributed by atoms with E-state index in [0.29, 0.717) is 18.0 Å². The van der Waals surface area contributed by atoms with Gasteiger partial charge in [0.15, 0.2) is 0 Å². The molecule has 3 nitrogen and oxygen atoms in total. The lowest BCUT2D eigenvalue weighted by Gasteiger charge is -2.36. The normalized spacial score (nSPS) is 28.6. The molecule has 90 valence electrons. The van der Waals surface area contributed by atoms with Crippen LogP contribution in [-0.2, 0) is 4.74 Å². The van der Waals surface area contributed by atoms with E-state index in [1.54, 1.807) is 0 Å². The maximum atomic E-state index is 5.96. The fourth-order valence-electron chi connectivity index (χ4n) is 2.02. The zero-order valence-electron chi connectivity index (χ0n) is 10.4. The molecule has 3 heteroatoms. The summed E-state index contributed by atoms with van der Waals surface area (Å²) in [5, 5.41) is 0. The molecule has 2 unspecified atom stereocenters. The van der Waals surface area contributed by atoms with Crippen molar-refractivity contribution in [3.05, 3.63) is 0 Å². The number of hydrogen-bond acceptors (Lipinski definition) is 3. The summed E-state index contributed by atoms with van der Waals surface area (Å²) in [6, 6.07) is 1.04. The number of nitrogens with zero attached hydrogens (tertiary/aromatic N) is 1. The van der Waals surface area contributed by atoms with Gasteiger partial charge in [-0.2, -0.15) is 0 Å². The average molecular weight is 214 g/mol. The molecule has 15 heavy (non-hydrogen) atoms. The second-order valence-electron chi connectivity index (χ2n) is 5.15. The predicted octanol–water partition coefficient (Wildman–Crippen LogP) is 1.47. The standard InChI is InChI=1S/C12H26N2O/c1-10(2)9-15-7-6-14-8-12(13)5-4-11(14)3/h10-12H,4-9,13H2,1-3H3. The van der Waals surface area contributed by atoms with E-state index in [-0.39, 0.29) is 0 Å². The van der Waals surface area contributed by atoms with Gasteiger partial charge in [0.1, 0.15) is 0 Å². The summed E-state index contributed by atoms with van der Waals surface area (Å²) in [6.45, 7) is 10.4. The highest BCUT2D eigenvalue weighted by Crippen LogP contribution is 2.15. The van der Waals surface area contributed by atoms with Crippen LogP contribution in [0.4, 0.5) is 0 Å². The highest BCUT2D eigenvalue weighted by molar-refractivity contribution is 4.80. The summed E-state index contributed by atoms with van der Waals surface area (Å²) in [5.74, 6) is 0.631. The highest BCUT2D eigenvalue weighted by Gasteiger charge is 2.22. The van der Waals surface area contributed by atoms with E-state index in [2.05, 4.69) is 25.7 Å². The van der Waals surface area contributed by atoms with Crippen LogP contribution in [0.5, 0.6) is 0 Å². The van der Waals surface area contributed by atoms with Gasteiger partial charge in [0.25, 0.3) is 0 Å². The van der Waals surface area contributed by atoms with Crippen LogP contribution < -0.4 is 5.73 Å². The van der Waals surface area contributed by atoms with E-state index in [4.69, 9.17) is 10.5 Å². The lowest BCUT2D eigenvalue weighted by atomic mass is 10.0. The van der Waals surface area contributed by atoms with Crippen LogP contribution in [0.1, 0.15) is 33.6 Å². The molecule has 2 N–H and O–H groups in total. The molecule has 1 heterocycles. The van der Waals surface area contributed by atoms with Crippen LogP contribution in [0.3, 0.4) is 0 Å². The van der Waals surface area contributed by atoms with Gasteiger partial charge in [-0.3, -0.25) is 4.90 Å². The largest absolute Gasteiger partial charge is 0.380 e. The number of hydrogen-bond donors (Lipinski definition) is 1. The van der Waals surface area contributed by atoms with Crippen LogP contribution in [-0.4, -0.2) is 43.3 Å². The minimum absolute atomic E-state index is 0.367. The van der Waals surface area contributed by atoms with E-state index >= 15 is 0 Å². The van der Waals surface area contributed by atoms with Crippen molar-refractivity contribution in [1.82, 2.24) is 4.90 Å². The molecule has 0 bridgehead atoms. The molecule has 0 aromatic rings. The summed E-state index contributed by atoms with van der Waals surface area (Å²) < 4.78 is 5.60. The van der Waals surface area contributed by atoms with Crippen molar-refractivity contribution in [3.8, 4) is 0 Å². The first-order chi connectivity index (χ1) is 7.09. The minimum atomic E-state index is 0.367. The van der Waals surface area contributed by atoms with Crippen molar-refractivity contribution in [2.45, 2.75) is 45.7 Å². The van der Waals surface area contributed by atoms with Gasteiger partial charge in [-0.1, -0.05) is 13.8 Å². The average Bonchev–Trinajstić information content (AvgIpc) is 2.17. The van der Waals surface area contributed by atoms with Gasteiger partial charge >= 0.3 is 0 Å². The third-order valence-corrected chi connectivity index (χ3v) is 3.02. The Morgan fingerprint density at radius 3 is 2.80 bits per heavy atom. The lowest BCUT2D eigenvalue weighted by molar-refractivity contribution is 0.0601. The van der Waals surface area contributed by atoms with Gasteiger partial charge in [0.2, 0.25) is 0 Å². The quantitative estimate of drug-likeness (QED) is 0.704. The number of ether oxygens (including phenoxy) is 1. The molecular formula is C12H26N2O. The number of nitrogens with two attached hydrogens (primary N) is 1. The van der Waals surface area contributed by atoms with Gasteiger partial charge in [0, 0.05) is 31.8 Å². The zero-order chi connectivity index (χ0) is 11.3. The zero-order valence-corrected chi connectivity index (χ0v) is 10.4. The fourth-order valence-corrected chi connectivity index (χ4v) is 2.02. The summed E-state index contributed by atoms with van der Waals surface area (Å²) in [7, 11) is 0. The Morgan fingerprint density at radius 2 is 2.13 bits per heavy atom. The van der Waals surface area contributed by atoms with Crippen molar-refractivity contribution in [2.75, 3.05) is 26.3 Å². The van der Waals surface area contributed by atoms with Crippen molar-refractivity contribution in [3.63, 3.8) is 0 Å². The third kappa shape index (κ3) is 4.96. The maximum Gasteiger partial charge on any atom is 0.0593 e. The van der Waals surface area contributed by atoms with Gasteiger partial charge in [-0.25, -0.2) is 0 Å². The van der Waals surface area contributed by atoms with Crippen LogP contribution in [0.2, 0.25) is 0 Å². The van der Waals surface area contributed by atoms with Crippen molar-refractivity contribution >= 4 is 0 Å². The first-order valence-corrected chi connectivity index (χ1v) is 6.17. The number of rotatable bonds is 5. The maximum absolute atomic E-state index is 5.96. The Kier molecular flexibility index (Phi) is 5.58. The Labute approximate surface area is 94.0 Å². The topological polar surface area (TPSA) is 38.5 Å². The van der Waals surface area contributed by atoms with Crippen molar-refractivity contribution < 1.29 is 4.74 Å². The second-order valence-corrected chi connectivity index (χ2v) is 5.15. The molecule has 0 aliphatic carbocycles. The monoisotopic (exact) mass is 214 g/mol. The first kappa shape index (κ1) is 12.9. The first-order valence-electron chi connectivity index (χ1n) is 6.17. The summed E-state index contributed by atoms with van der Waals surface area (Å²) in [4.78, 5) is 2.45. The molecule has 1 saturated heterocycles. The smallest absolute Gasteiger partial charge is 0.0593 e. The molecule has 0 spiro atoms. The van der Waals surface area contributed by atoms with E-state index < -0.39 is 0 Å². The molecule has 1 rings (SSSR count). The molecular weight excluding hydrogens is 188 g/mol. The van der Waals surface area contributed by atoms with Gasteiger partial charge in [-0.15, -0.1) is 0 Å². The van der Waals surface area contributed by atoms with E-state index in [0.717, 1.165) is 26.3 Å². The molecule has 1 aliphatic rings. The van der Waals surface area contributed by atoms with Crippen LogP contribution in [0.25, 0.3) is 0 Å². The van der Waals surface area contributed by atoms with Crippen molar-refractivity contribution in [2.24, 2.45) is 11.7 Å². The Hall–Kier alpha value is -0.120. The van der Waals surface area contributed by atoms with E-state index in [1.165, 1.54) is 12.8 Å². The minimum Gasteiger partial charge on any atom is -0.380 e. The highest BCUT2D eigenvalue weighted by atomic mass is 16.5. The molecule has 1 aliphatic heterocycles. The van der Waals surface area contributed by atoms with E-state index in [9.17, 15) is 0 Å².